The lowest BCUT2D eigenvalue weighted by atomic mass is 9.97. The second-order valence-electron chi connectivity index (χ2n) is 6.89. The number of rotatable bonds is 5. The molecule has 0 bridgehead atoms. The normalized spacial score (nSPS) is 14.7. The molecule has 1 N–H and O–H groups in total. The van der Waals surface area contributed by atoms with Gasteiger partial charge in [0, 0.05) is 23.8 Å². The first-order chi connectivity index (χ1) is 14.1. The minimum absolute atomic E-state index is 0.237. The fraction of sp³-hybridized carbons (Fsp3) is 0.286. The molecule has 29 heavy (non-hydrogen) atoms. The molecule has 2 heterocycles. The third-order valence-electron chi connectivity index (χ3n) is 4.85. The summed E-state index contributed by atoms with van der Waals surface area (Å²) in [7, 11) is 0. The highest BCUT2D eigenvalue weighted by Gasteiger charge is 2.28. The van der Waals surface area contributed by atoms with E-state index in [1.54, 1.807) is 24.3 Å². The van der Waals surface area contributed by atoms with E-state index in [1.165, 1.54) is 0 Å². The van der Waals surface area contributed by atoms with Crippen LogP contribution in [0.1, 0.15) is 12.8 Å². The summed E-state index contributed by atoms with van der Waals surface area (Å²) in [5.74, 6) is -0.975. The summed E-state index contributed by atoms with van der Waals surface area (Å²) in [5, 5.41) is 3.25. The number of carbonyl (C=O) groups excluding carboxylic acids is 2. The van der Waals surface area contributed by atoms with Gasteiger partial charge in [0.1, 0.15) is 5.52 Å². The Balaban J connectivity index is 1.24. The molecular weight excluding hydrogens is 394 g/mol. The van der Waals surface area contributed by atoms with Crippen molar-refractivity contribution in [1.82, 2.24) is 4.98 Å². The third kappa shape index (κ3) is 4.68. The Morgan fingerprint density at radius 2 is 1.86 bits per heavy atom. The molecule has 3 aromatic rings. The molecule has 0 unspecified atom stereocenters. The maximum absolute atomic E-state index is 12.3. The van der Waals surface area contributed by atoms with Crippen LogP contribution in [0.15, 0.2) is 52.9 Å². The number of hydrogen-bond donors (Lipinski definition) is 1. The van der Waals surface area contributed by atoms with Crippen molar-refractivity contribution in [2.24, 2.45) is 5.92 Å². The number of aromatic nitrogens is 1. The summed E-state index contributed by atoms with van der Waals surface area (Å²) in [6.45, 7) is 0.972. The summed E-state index contributed by atoms with van der Waals surface area (Å²) in [5.41, 5.74) is 2.16. The number of nitrogens with one attached hydrogen (secondary N) is 1. The van der Waals surface area contributed by atoms with Crippen molar-refractivity contribution in [3.05, 3.63) is 53.6 Å². The molecule has 4 rings (SSSR count). The standard InChI is InChI=1S/C21H20ClN3O4/c22-15-5-7-16(8-6-15)23-19(26)13-28-20(27)14-9-11-25(12-10-14)21-24-17-3-1-2-4-18(17)29-21/h1-8,14H,9-13H2,(H,23,26). The molecule has 1 fully saturated rings. The molecule has 0 radical (unpaired) electrons. The van der Waals surface area contributed by atoms with E-state index in [1.807, 2.05) is 29.2 Å². The number of amides is 1. The summed E-state index contributed by atoms with van der Waals surface area (Å²) < 4.78 is 11.0. The number of nitrogens with zero attached hydrogens (tertiary/aromatic N) is 2. The highest BCUT2D eigenvalue weighted by atomic mass is 35.5. The van der Waals surface area contributed by atoms with Gasteiger partial charge in [-0.1, -0.05) is 23.7 Å². The van der Waals surface area contributed by atoms with E-state index in [2.05, 4.69) is 10.3 Å². The first-order valence-electron chi connectivity index (χ1n) is 9.41. The fourth-order valence-electron chi connectivity index (χ4n) is 3.29. The minimum atomic E-state index is -0.385. The largest absolute Gasteiger partial charge is 0.455 e. The number of fused-ring (bicyclic) bond motifs is 1. The Labute approximate surface area is 172 Å². The van der Waals surface area contributed by atoms with Crippen molar-refractivity contribution in [2.45, 2.75) is 12.8 Å². The lowest BCUT2D eigenvalue weighted by Gasteiger charge is -2.29. The first kappa shape index (κ1) is 19.3. The number of esters is 1. The van der Waals surface area contributed by atoms with Gasteiger partial charge in [0.15, 0.2) is 12.2 Å². The average Bonchev–Trinajstić information content (AvgIpc) is 3.18. The van der Waals surface area contributed by atoms with Crippen LogP contribution in [0, 0.1) is 5.92 Å². The number of anilines is 2. The summed E-state index contributed by atoms with van der Waals surface area (Å²) in [6.07, 6.45) is 1.24. The van der Waals surface area contributed by atoms with Gasteiger partial charge < -0.3 is 19.4 Å². The maximum atomic E-state index is 12.3. The van der Waals surface area contributed by atoms with Gasteiger partial charge in [0.25, 0.3) is 11.9 Å². The van der Waals surface area contributed by atoms with Crippen molar-refractivity contribution < 1.29 is 18.7 Å². The van der Waals surface area contributed by atoms with Crippen LogP contribution in [0.4, 0.5) is 11.7 Å². The van der Waals surface area contributed by atoms with Crippen molar-refractivity contribution in [3.8, 4) is 0 Å². The molecule has 1 aromatic heterocycles. The van der Waals surface area contributed by atoms with Crippen LogP contribution in [0.2, 0.25) is 5.02 Å². The number of halogens is 1. The van der Waals surface area contributed by atoms with Gasteiger partial charge in [0.2, 0.25) is 0 Å². The number of oxazole rings is 1. The van der Waals surface area contributed by atoms with Gasteiger partial charge in [-0.15, -0.1) is 0 Å². The predicted molar refractivity (Wildman–Crippen MR) is 110 cm³/mol. The second-order valence-corrected chi connectivity index (χ2v) is 7.32. The van der Waals surface area contributed by atoms with Crippen LogP contribution >= 0.6 is 11.6 Å². The molecule has 8 heteroatoms. The van der Waals surface area contributed by atoms with Gasteiger partial charge >= 0.3 is 5.97 Å². The fourth-order valence-corrected chi connectivity index (χ4v) is 3.41. The summed E-state index contributed by atoms with van der Waals surface area (Å²) >= 11 is 5.81. The maximum Gasteiger partial charge on any atom is 0.309 e. The van der Waals surface area contributed by atoms with Crippen molar-refractivity contribution >= 4 is 46.3 Å². The smallest absolute Gasteiger partial charge is 0.309 e. The van der Waals surface area contributed by atoms with Crippen LogP contribution in [0.3, 0.4) is 0 Å². The molecule has 150 valence electrons. The van der Waals surface area contributed by atoms with Crippen LogP contribution in [0.25, 0.3) is 11.1 Å². The van der Waals surface area contributed by atoms with E-state index >= 15 is 0 Å². The van der Waals surface area contributed by atoms with Crippen LogP contribution in [-0.4, -0.2) is 36.6 Å². The quantitative estimate of drug-likeness (QED) is 0.639. The molecule has 0 spiro atoms. The van der Waals surface area contributed by atoms with Gasteiger partial charge in [-0.3, -0.25) is 9.59 Å². The SMILES string of the molecule is O=C(COC(=O)C1CCN(c2nc3ccccc3o2)CC1)Nc1ccc(Cl)cc1. The highest BCUT2D eigenvalue weighted by molar-refractivity contribution is 6.30. The minimum Gasteiger partial charge on any atom is -0.455 e. The zero-order chi connectivity index (χ0) is 20.2. The number of hydrogen-bond acceptors (Lipinski definition) is 6. The number of benzene rings is 2. The molecule has 1 amide bonds. The number of para-hydroxylation sites is 2. The van der Waals surface area contributed by atoms with Crippen molar-refractivity contribution in [3.63, 3.8) is 0 Å². The molecule has 0 aliphatic carbocycles. The first-order valence-corrected chi connectivity index (χ1v) is 9.79. The Bertz CT molecular complexity index is 977. The monoisotopic (exact) mass is 413 g/mol. The van der Waals surface area contributed by atoms with Crippen LogP contribution < -0.4 is 10.2 Å². The van der Waals surface area contributed by atoms with Crippen LogP contribution in [0.5, 0.6) is 0 Å². The number of ether oxygens (including phenoxy) is 1. The van der Waals surface area contributed by atoms with E-state index < -0.39 is 0 Å². The molecule has 1 saturated heterocycles. The van der Waals surface area contributed by atoms with E-state index in [4.69, 9.17) is 20.8 Å². The number of carbonyl (C=O) groups is 2. The molecule has 1 aliphatic rings. The highest BCUT2D eigenvalue weighted by Crippen LogP contribution is 2.26. The summed E-state index contributed by atoms with van der Waals surface area (Å²) in [6, 6.07) is 14.9. The van der Waals surface area contributed by atoms with E-state index in [9.17, 15) is 9.59 Å². The lowest BCUT2D eigenvalue weighted by molar-refractivity contribution is -0.152. The second kappa shape index (κ2) is 8.53. The van der Waals surface area contributed by atoms with Crippen molar-refractivity contribution in [1.29, 1.82) is 0 Å². The summed E-state index contributed by atoms with van der Waals surface area (Å²) in [4.78, 5) is 30.8. The Hall–Kier alpha value is -3.06. The van der Waals surface area contributed by atoms with Gasteiger partial charge in [0.05, 0.1) is 5.92 Å². The molecular formula is C21H20ClN3O4. The van der Waals surface area contributed by atoms with E-state index in [-0.39, 0.29) is 24.4 Å². The van der Waals surface area contributed by atoms with Crippen molar-refractivity contribution in [2.75, 3.05) is 29.9 Å². The molecule has 7 nitrogen and oxygen atoms in total. The molecule has 1 aliphatic heterocycles. The lowest BCUT2D eigenvalue weighted by Crippen LogP contribution is -2.37. The zero-order valence-electron chi connectivity index (χ0n) is 15.6. The molecule has 0 atom stereocenters. The van der Waals surface area contributed by atoms with E-state index in [0.29, 0.717) is 42.7 Å². The zero-order valence-corrected chi connectivity index (χ0v) is 16.4. The third-order valence-corrected chi connectivity index (χ3v) is 5.11. The average molecular weight is 414 g/mol. The topological polar surface area (TPSA) is 84.7 Å². The number of piperidine rings is 1. The van der Waals surface area contributed by atoms with Gasteiger partial charge in [-0.05, 0) is 49.2 Å². The predicted octanol–water partition coefficient (Wildman–Crippen LogP) is 3.88. The van der Waals surface area contributed by atoms with Gasteiger partial charge in [-0.2, -0.15) is 4.98 Å². The Kier molecular flexibility index (Phi) is 5.67. The Morgan fingerprint density at radius 3 is 2.59 bits per heavy atom. The van der Waals surface area contributed by atoms with Gasteiger partial charge in [-0.25, -0.2) is 0 Å². The molecule has 0 saturated carbocycles. The Morgan fingerprint density at radius 1 is 1.14 bits per heavy atom. The van der Waals surface area contributed by atoms with Crippen LogP contribution in [-0.2, 0) is 14.3 Å². The molecule has 2 aromatic carbocycles. The van der Waals surface area contributed by atoms with E-state index in [0.717, 1.165) is 11.1 Å².